The van der Waals surface area contributed by atoms with Crippen LogP contribution in [0.25, 0.3) is 0 Å². The van der Waals surface area contributed by atoms with E-state index in [-0.39, 0.29) is 11.9 Å². The first-order chi connectivity index (χ1) is 13.5. The van der Waals surface area contributed by atoms with E-state index in [0.29, 0.717) is 23.6 Å². The molecule has 0 bridgehead atoms. The number of likely N-dealkylation sites (tertiary alicyclic amines) is 1. The number of hydrogen-bond donors (Lipinski definition) is 3. The van der Waals surface area contributed by atoms with Crippen LogP contribution in [0.15, 0.2) is 36.5 Å². The second kappa shape index (κ2) is 8.60. The van der Waals surface area contributed by atoms with Crippen molar-refractivity contribution in [1.29, 1.82) is 0 Å². The Labute approximate surface area is 164 Å². The second-order valence-corrected chi connectivity index (χ2v) is 6.78. The van der Waals surface area contributed by atoms with Gasteiger partial charge in [0.05, 0.1) is 18.4 Å². The average Bonchev–Trinajstić information content (AvgIpc) is 2.69. The van der Waals surface area contributed by atoms with E-state index in [0.717, 1.165) is 30.8 Å². The minimum absolute atomic E-state index is 0.0481. The summed E-state index contributed by atoms with van der Waals surface area (Å²) >= 11 is 0. The monoisotopic (exact) mass is 383 g/mol. The van der Waals surface area contributed by atoms with E-state index >= 15 is 0 Å². The number of carbonyl (C=O) groups is 2. The summed E-state index contributed by atoms with van der Waals surface area (Å²) in [6.45, 7) is 2.93. The first-order valence-corrected chi connectivity index (χ1v) is 9.19. The molecule has 1 aromatic carbocycles. The molecule has 4 N–H and O–H groups in total. The number of nitrogens with one attached hydrogen (secondary N) is 2. The molecule has 1 atom stereocenters. The number of nitrogens with zero attached hydrogens (tertiary/aromatic N) is 2. The van der Waals surface area contributed by atoms with Crippen LogP contribution in [-0.2, 0) is 4.79 Å². The molecule has 2 amide bonds. The van der Waals surface area contributed by atoms with E-state index < -0.39 is 5.91 Å². The van der Waals surface area contributed by atoms with Crippen LogP contribution in [0.5, 0.6) is 5.75 Å². The maximum atomic E-state index is 11.8. The third-order valence-corrected chi connectivity index (χ3v) is 4.76. The lowest BCUT2D eigenvalue weighted by Gasteiger charge is -2.33. The lowest BCUT2D eigenvalue weighted by Crippen LogP contribution is -2.44. The third-order valence-electron chi connectivity index (χ3n) is 4.76. The molecule has 0 saturated carbocycles. The highest BCUT2D eigenvalue weighted by molar-refractivity contribution is 5.98. The standard InChI is InChI=1S/C20H25N5O3/c1-13(26)25-9-3-4-15(12-25)23-18-10-19(22-11-17(18)20(21)27)24-14-5-7-16(28-2)8-6-14/h5-8,10-11,15H,3-4,9,12H2,1-2H3,(H2,21,27)(H2,22,23,24). The third kappa shape index (κ3) is 4.70. The summed E-state index contributed by atoms with van der Waals surface area (Å²) in [5, 5.41) is 6.57. The van der Waals surface area contributed by atoms with Crippen LogP contribution in [0, 0.1) is 0 Å². The number of hydrogen-bond acceptors (Lipinski definition) is 6. The maximum Gasteiger partial charge on any atom is 0.252 e. The van der Waals surface area contributed by atoms with Crippen LogP contribution in [0.2, 0.25) is 0 Å². The van der Waals surface area contributed by atoms with E-state index in [2.05, 4.69) is 15.6 Å². The quantitative estimate of drug-likeness (QED) is 0.706. The van der Waals surface area contributed by atoms with Crippen LogP contribution in [0.4, 0.5) is 17.2 Å². The number of ether oxygens (including phenoxy) is 1. The molecule has 1 aliphatic rings. The van der Waals surface area contributed by atoms with Gasteiger partial charge in [0.15, 0.2) is 0 Å². The van der Waals surface area contributed by atoms with Crippen molar-refractivity contribution < 1.29 is 14.3 Å². The molecule has 1 unspecified atom stereocenters. The van der Waals surface area contributed by atoms with Crippen molar-refractivity contribution in [2.45, 2.75) is 25.8 Å². The molecule has 148 valence electrons. The predicted molar refractivity (Wildman–Crippen MR) is 108 cm³/mol. The maximum absolute atomic E-state index is 11.8. The number of carbonyl (C=O) groups excluding carboxylic acids is 2. The molecule has 0 spiro atoms. The van der Waals surface area contributed by atoms with Gasteiger partial charge in [-0.05, 0) is 37.1 Å². The highest BCUT2D eigenvalue weighted by Crippen LogP contribution is 2.25. The lowest BCUT2D eigenvalue weighted by molar-refractivity contribution is -0.129. The Kier molecular flexibility index (Phi) is 5.98. The fraction of sp³-hybridized carbons (Fsp3) is 0.350. The van der Waals surface area contributed by atoms with Gasteiger partial charge in [-0.1, -0.05) is 0 Å². The molecule has 1 aromatic heterocycles. The van der Waals surface area contributed by atoms with E-state index in [9.17, 15) is 9.59 Å². The fourth-order valence-electron chi connectivity index (χ4n) is 3.26. The van der Waals surface area contributed by atoms with E-state index in [1.807, 2.05) is 29.2 Å². The van der Waals surface area contributed by atoms with E-state index in [1.165, 1.54) is 6.20 Å². The first kappa shape index (κ1) is 19.5. The number of piperidine rings is 1. The predicted octanol–water partition coefficient (Wildman–Crippen LogP) is 2.36. The smallest absolute Gasteiger partial charge is 0.252 e. The van der Waals surface area contributed by atoms with E-state index in [4.69, 9.17) is 10.5 Å². The van der Waals surface area contributed by atoms with Gasteiger partial charge < -0.3 is 26.0 Å². The Balaban J connectivity index is 1.79. The van der Waals surface area contributed by atoms with Crippen LogP contribution in [0.3, 0.4) is 0 Å². The molecule has 2 aromatic rings. The largest absolute Gasteiger partial charge is 0.497 e. The van der Waals surface area contributed by atoms with Crippen molar-refractivity contribution in [2.24, 2.45) is 5.73 Å². The average molecular weight is 383 g/mol. The number of nitrogens with two attached hydrogens (primary N) is 1. The number of rotatable bonds is 6. The molecule has 1 aliphatic heterocycles. The summed E-state index contributed by atoms with van der Waals surface area (Å²) < 4.78 is 5.16. The number of aromatic nitrogens is 1. The zero-order valence-corrected chi connectivity index (χ0v) is 16.1. The number of primary amides is 1. The van der Waals surface area contributed by atoms with Gasteiger partial charge in [0.1, 0.15) is 11.6 Å². The molecular formula is C20H25N5O3. The fourth-order valence-corrected chi connectivity index (χ4v) is 3.26. The van der Waals surface area contributed by atoms with Gasteiger partial charge in [0.25, 0.3) is 5.91 Å². The Hall–Kier alpha value is -3.29. The molecule has 1 saturated heterocycles. The van der Waals surface area contributed by atoms with Crippen molar-refractivity contribution in [3.63, 3.8) is 0 Å². The van der Waals surface area contributed by atoms with Gasteiger partial charge in [-0.3, -0.25) is 9.59 Å². The topological polar surface area (TPSA) is 110 Å². The molecule has 0 radical (unpaired) electrons. The molecule has 2 heterocycles. The van der Waals surface area contributed by atoms with Crippen molar-refractivity contribution in [3.8, 4) is 5.75 Å². The molecule has 8 nitrogen and oxygen atoms in total. The van der Waals surface area contributed by atoms with Gasteiger partial charge in [-0.25, -0.2) is 4.98 Å². The summed E-state index contributed by atoms with van der Waals surface area (Å²) in [7, 11) is 1.61. The van der Waals surface area contributed by atoms with Gasteiger partial charge >= 0.3 is 0 Å². The zero-order chi connectivity index (χ0) is 20.1. The Morgan fingerprint density at radius 2 is 2.04 bits per heavy atom. The summed E-state index contributed by atoms with van der Waals surface area (Å²) in [4.78, 5) is 29.6. The molecule has 3 rings (SSSR count). The van der Waals surface area contributed by atoms with E-state index in [1.54, 1.807) is 20.1 Å². The summed E-state index contributed by atoms with van der Waals surface area (Å²) in [6.07, 6.45) is 3.28. The number of benzene rings is 1. The second-order valence-electron chi connectivity index (χ2n) is 6.78. The minimum Gasteiger partial charge on any atom is -0.497 e. The Bertz CT molecular complexity index is 853. The molecule has 28 heavy (non-hydrogen) atoms. The highest BCUT2D eigenvalue weighted by Gasteiger charge is 2.23. The van der Waals surface area contributed by atoms with Gasteiger partial charge in [-0.15, -0.1) is 0 Å². The van der Waals surface area contributed by atoms with Crippen molar-refractivity contribution >= 4 is 29.0 Å². The normalized spacial score (nSPS) is 16.4. The van der Waals surface area contributed by atoms with Crippen LogP contribution in [-0.4, -0.2) is 47.9 Å². The molecular weight excluding hydrogens is 358 g/mol. The summed E-state index contributed by atoms with van der Waals surface area (Å²) in [5.74, 6) is 0.845. The van der Waals surface area contributed by atoms with Crippen LogP contribution < -0.4 is 21.1 Å². The lowest BCUT2D eigenvalue weighted by atomic mass is 10.0. The summed E-state index contributed by atoms with van der Waals surface area (Å²) in [5.41, 5.74) is 7.28. The summed E-state index contributed by atoms with van der Waals surface area (Å²) in [6, 6.07) is 9.25. The van der Waals surface area contributed by atoms with Gasteiger partial charge in [-0.2, -0.15) is 0 Å². The zero-order valence-electron chi connectivity index (χ0n) is 16.1. The van der Waals surface area contributed by atoms with Crippen LogP contribution in [0.1, 0.15) is 30.1 Å². The van der Waals surface area contributed by atoms with Crippen molar-refractivity contribution in [2.75, 3.05) is 30.8 Å². The van der Waals surface area contributed by atoms with Gasteiger partial charge in [0.2, 0.25) is 5.91 Å². The van der Waals surface area contributed by atoms with Crippen molar-refractivity contribution in [3.05, 3.63) is 42.1 Å². The first-order valence-electron chi connectivity index (χ1n) is 9.19. The molecule has 8 heteroatoms. The highest BCUT2D eigenvalue weighted by atomic mass is 16.5. The SMILES string of the molecule is COc1ccc(Nc2cc(NC3CCCN(C(C)=O)C3)c(C(N)=O)cn2)cc1. The number of pyridine rings is 1. The minimum atomic E-state index is -0.551. The number of anilines is 3. The molecule has 1 fully saturated rings. The van der Waals surface area contributed by atoms with Gasteiger partial charge in [0, 0.05) is 44.0 Å². The molecule has 0 aliphatic carbocycles. The Morgan fingerprint density at radius 1 is 1.29 bits per heavy atom. The van der Waals surface area contributed by atoms with Crippen molar-refractivity contribution in [1.82, 2.24) is 9.88 Å². The Morgan fingerprint density at radius 3 is 2.68 bits per heavy atom. The van der Waals surface area contributed by atoms with Crippen LogP contribution >= 0.6 is 0 Å². The number of methoxy groups -OCH3 is 1. The number of amides is 2.